The van der Waals surface area contributed by atoms with E-state index in [1.165, 1.54) is 0 Å². The number of aliphatic carboxylic acids is 1. The highest BCUT2D eigenvalue weighted by Crippen LogP contribution is 2.18. The van der Waals surface area contributed by atoms with Gasteiger partial charge in [0.15, 0.2) is 0 Å². The lowest BCUT2D eigenvalue weighted by Crippen LogP contribution is -2.41. The Hall–Kier alpha value is -2.55. The molecule has 1 atom stereocenters. The number of nitrogens with one attached hydrogen (secondary N) is 1. The van der Waals surface area contributed by atoms with Gasteiger partial charge in [0.1, 0.15) is 6.04 Å². The molecule has 1 rings (SSSR count). The van der Waals surface area contributed by atoms with Gasteiger partial charge in [0.2, 0.25) is 5.82 Å². The molecule has 0 heterocycles. The van der Waals surface area contributed by atoms with Gasteiger partial charge in [-0.05, 0) is 12.1 Å². The van der Waals surface area contributed by atoms with Crippen molar-refractivity contribution in [3.8, 4) is 0 Å². The molecule has 0 saturated carbocycles. The van der Waals surface area contributed by atoms with Crippen LogP contribution in [-0.4, -0.2) is 39.7 Å². The number of benzene rings is 1. The maximum atomic E-state index is 13.1. The Bertz CT molecular complexity index is 548. The summed E-state index contributed by atoms with van der Waals surface area (Å²) in [4.78, 5) is 32.1. The molecule has 8 nitrogen and oxygen atoms in total. The van der Waals surface area contributed by atoms with Crippen LogP contribution in [0.25, 0.3) is 0 Å². The number of carboxylic acids is 1. The van der Waals surface area contributed by atoms with Crippen molar-refractivity contribution >= 4 is 17.6 Å². The molecule has 0 unspecified atom stereocenters. The van der Waals surface area contributed by atoms with Crippen molar-refractivity contribution in [2.75, 3.05) is 6.61 Å². The second-order valence-electron chi connectivity index (χ2n) is 3.80. The van der Waals surface area contributed by atoms with Gasteiger partial charge in [0, 0.05) is 24.7 Å². The largest absolute Gasteiger partial charge is 0.480 e. The van der Waals surface area contributed by atoms with Gasteiger partial charge in [-0.3, -0.25) is 14.9 Å². The van der Waals surface area contributed by atoms with E-state index in [9.17, 15) is 24.1 Å². The lowest BCUT2D eigenvalue weighted by molar-refractivity contribution is -0.387. The van der Waals surface area contributed by atoms with Crippen LogP contribution in [-0.2, 0) is 4.79 Å². The SMILES string of the molecule is O=C(N[C@H](CCO)C(=O)O)c1ccc(F)c([N+](=O)[O-])c1. The molecule has 9 heteroatoms. The van der Waals surface area contributed by atoms with E-state index in [2.05, 4.69) is 5.32 Å². The van der Waals surface area contributed by atoms with Crippen molar-refractivity contribution in [1.29, 1.82) is 0 Å². The van der Waals surface area contributed by atoms with Crippen LogP contribution in [0, 0.1) is 15.9 Å². The van der Waals surface area contributed by atoms with E-state index in [1.54, 1.807) is 0 Å². The first-order valence-electron chi connectivity index (χ1n) is 5.45. The predicted molar refractivity (Wildman–Crippen MR) is 63.6 cm³/mol. The van der Waals surface area contributed by atoms with Gasteiger partial charge >= 0.3 is 11.7 Å². The van der Waals surface area contributed by atoms with Gasteiger partial charge in [0.05, 0.1) is 4.92 Å². The number of carbonyl (C=O) groups excluding carboxylic acids is 1. The Morgan fingerprint density at radius 3 is 2.60 bits per heavy atom. The van der Waals surface area contributed by atoms with Gasteiger partial charge in [-0.1, -0.05) is 0 Å². The second kappa shape index (κ2) is 6.57. The number of rotatable bonds is 6. The highest BCUT2D eigenvalue weighted by atomic mass is 19.1. The Kier molecular flexibility index (Phi) is 5.09. The van der Waals surface area contributed by atoms with Crippen molar-refractivity contribution in [1.82, 2.24) is 5.32 Å². The van der Waals surface area contributed by atoms with E-state index >= 15 is 0 Å². The highest BCUT2D eigenvalue weighted by Gasteiger charge is 2.22. The molecule has 0 aromatic heterocycles. The first-order chi connectivity index (χ1) is 9.36. The number of hydrogen-bond acceptors (Lipinski definition) is 5. The zero-order valence-electron chi connectivity index (χ0n) is 10.1. The average Bonchev–Trinajstić information content (AvgIpc) is 2.38. The molecule has 0 bridgehead atoms. The van der Waals surface area contributed by atoms with E-state index in [-0.39, 0.29) is 12.0 Å². The van der Waals surface area contributed by atoms with E-state index in [1.807, 2.05) is 0 Å². The van der Waals surface area contributed by atoms with Crippen LogP contribution in [0.2, 0.25) is 0 Å². The minimum absolute atomic E-state index is 0.218. The van der Waals surface area contributed by atoms with Crippen LogP contribution in [0.1, 0.15) is 16.8 Å². The number of hydrogen-bond donors (Lipinski definition) is 3. The fraction of sp³-hybridized carbons (Fsp3) is 0.273. The third kappa shape index (κ3) is 3.72. The average molecular weight is 286 g/mol. The molecule has 3 N–H and O–H groups in total. The molecule has 1 amide bonds. The number of nitro benzene ring substituents is 1. The van der Waals surface area contributed by atoms with Crippen LogP contribution in [0.3, 0.4) is 0 Å². The van der Waals surface area contributed by atoms with E-state index in [4.69, 9.17) is 10.2 Å². The van der Waals surface area contributed by atoms with E-state index < -0.39 is 41.0 Å². The Balaban J connectivity index is 2.95. The number of nitro groups is 1. The standard InChI is InChI=1S/C11H11FN2O6/c12-7-2-1-6(5-9(7)14(19)20)10(16)13-8(3-4-15)11(17)18/h1-2,5,8,15H,3-4H2,(H,13,16)(H,17,18)/t8-/m1/s1. The summed E-state index contributed by atoms with van der Waals surface area (Å²) in [5.74, 6) is -3.37. The third-order valence-corrected chi connectivity index (χ3v) is 2.43. The molecule has 1 aromatic carbocycles. The fourth-order valence-corrected chi connectivity index (χ4v) is 1.42. The minimum atomic E-state index is -1.36. The lowest BCUT2D eigenvalue weighted by Gasteiger charge is -2.13. The third-order valence-electron chi connectivity index (χ3n) is 2.43. The quantitative estimate of drug-likeness (QED) is 0.509. The Labute approximate surface area is 112 Å². The monoisotopic (exact) mass is 286 g/mol. The van der Waals surface area contributed by atoms with Crippen LogP contribution >= 0.6 is 0 Å². The predicted octanol–water partition coefficient (Wildman–Crippen LogP) is 0.299. The normalized spacial score (nSPS) is 11.7. The fourth-order valence-electron chi connectivity index (χ4n) is 1.42. The van der Waals surface area contributed by atoms with Crippen LogP contribution in [0.5, 0.6) is 0 Å². The van der Waals surface area contributed by atoms with Gasteiger partial charge in [-0.25, -0.2) is 4.79 Å². The Morgan fingerprint density at radius 2 is 2.10 bits per heavy atom. The summed E-state index contributed by atoms with van der Waals surface area (Å²) in [6.45, 7) is -0.458. The molecule has 0 fully saturated rings. The molecule has 108 valence electrons. The van der Waals surface area contributed by atoms with Crippen molar-refractivity contribution in [2.45, 2.75) is 12.5 Å². The number of carboxylic acid groups (broad SMARTS) is 1. The molecule has 0 radical (unpaired) electrons. The van der Waals surface area contributed by atoms with Crippen LogP contribution < -0.4 is 5.32 Å². The summed E-state index contributed by atoms with van der Waals surface area (Å²) in [7, 11) is 0. The topological polar surface area (TPSA) is 130 Å². The van der Waals surface area contributed by atoms with Gasteiger partial charge in [-0.15, -0.1) is 0 Å². The molecule has 0 aliphatic rings. The summed E-state index contributed by atoms with van der Waals surface area (Å²) in [6.07, 6.45) is -0.218. The molecule has 0 saturated heterocycles. The first-order valence-corrected chi connectivity index (χ1v) is 5.45. The van der Waals surface area contributed by atoms with E-state index in [0.717, 1.165) is 12.1 Å². The van der Waals surface area contributed by atoms with Crippen molar-refractivity contribution in [3.63, 3.8) is 0 Å². The van der Waals surface area contributed by atoms with Gasteiger partial charge < -0.3 is 15.5 Å². The maximum Gasteiger partial charge on any atom is 0.326 e. The number of aliphatic hydroxyl groups is 1. The smallest absolute Gasteiger partial charge is 0.326 e. The molecule has 0 aliphatic carbocycles. The van der Waals surface area contributed by atoms with Gasteiger partial charge in [0.25, 0.3) is 5.91 Å². The summed E-state index contributed by atoms with van der Waals surface area (Å²) in [5, 5.41) is 30.1. The summed E-state index contributed by atoms with van der Waals surface area (Å²) in [6, 6.07) is 1.11. The molecule has 0 aliphatic heterocycles. The molecular formula is C11H11FN2O6. The lowest BCUT2D eigenvalue weighted by atomic mass is 10.1. The number of nitrogens with zero attached hydrogens (tertiary/aromatic N) is 1. The van der Waals surface area contributed by atoms with Gasteiger partial charge in [-0.2, -0.15) is 4.39 Å². The van der Waals surface area contributed by atoms with Crippen molar-refractivity contribution < 1.29 is 29.1 Å². The maximum absolute atomic E-state index is 13.1. The van der Waals surface area contributed by atoms with Crippen LogP contribution in [0.15, 0.2) is 18.2 Å². The second-order valence-corrected chi connectivity index (χ2v) is 3.80. The summed E-state index contributed by atoms with van der Waals surface area (Å²) < 4.78 is 13.1. The van der Waals surface area contributed by atoms with Crippen molar-refractivity contribution in [2.24, 2.45) is 0 Å². The summed E-state index contributed by atoms with van der Waals surface area (Å²) in [5.41, 5.74) is -1.13. The molecule has 20 heavy (non-hydrogen) atoms. The minimum Gasteiger partial charge on any atom is -0.480 e. The summed E-state index contributed by atoms with van der Waals surface area (Å²) >= 11 is 0. The number of amides is 1. The first kappa shape index (κ1) is 15.5. The molecule has 1 aromatic rings. The zero-order valence-corrected chi connectivity index (χ0v) is 10.1. The highest BCUT2D eigenvalue weighted by molar-refractivity contribution is 5.97. The molecular weight excluding hydrogens is 275 g/mol. The number of aliphatic hydroxyl groups excluding tert-OH is 1. The van der Waals surface area contributed by atoms with E-state index in [0.29, 0.717) is 6.07 Å². The Morgan fingerprint density at radius 1 is 1.45 bits per heavy atom. The number of halogens is 1. The zero-order chi connectivity index (χ0) is 15.3. The van der Waals surface area contributed by atoms with Crippen LogP contribution in [0.4, 0.5) is 10.1 Å². The van der Waals surface area contributed by atoms with Crippen molar-refractivity contribution in [3.05, 3.63) is 39.7 Å². The number of carbonyl (C=O) groups is 2. The molecule has 0 spiro atoms.